The number of rotatable bonds is 6. The van der Waals surface area contributed by atoms with Gasteiger partial charge in [-0.1, -0.05) is 0 Å². The second-order valence-corrected chi connectivity index (χ2v) is 9.57. The number of carbonyl (C=O) groups is 2. The second kappa shape index (κ2) is 11.2. The van der Waals surface area contributed by atoms with Crippen molar-refractivity contribution in [2.45, 2.75) is 30.7 Å². The van der Waals surface area contributed by atoms with Crippen molar-refractivity contribution in [3.05, 3.63) is 64.3 Å². The number of benzene rings is 3. The Hall–Kier alpha value is -5.71. The summed E-state index contributed by atoms with van der Waals surface area (Å²) in [7, 11) is 0. The van der Waals surface area contributed by atoms with Crippen molar-refractivity contribution >= 4 is 22.9 Å². The van der Waals surface area contributed by atoms with E-state index in [0.29, 0.717) is 12.1 Å². The number of aromatic hydroxyl groups is 6. The molecule has 16 nitrogen and oxygen atoms in total. The number of ether oxygens (including phenoxy) is 3. The van der Waals surface area contributed by atoms with Gasteiger partial charge in [-0.05, 0) is 36.4 Å². The Morgan fingerprint density at radius 1 is 0.795 bits per heavy atom. The summed E-state index contributed by atoms with van der Waals surface area (Å²) in [5.41, 5.74) is -1.91. The Morgan fingerprint density at radius 3 is 2.05 bits per heavy atom. The van der Waals surface area contributed by atoms with Crippen LogP contribution in [0.25, 0.3) is 22.3 Å². The van der Waals surface area contributed by atoms with Crippen LogP contribution in [0.2, 0.25) is 0 Å². The van der Waals surface area contributed by atoms with E-state index in [4.69, 9.17) is 18.6 Å². The van der Waals surface area contributed by atoms with Crippen LogP contribution in [0.4, 0.5) is 0 Å². The van der Waals surface area contributed by atoms with E-state index in [1.807, 2.05) is 0 Å². The molecule has 0 unspecified atom stereocenters. The van der Waals surface area contributed by atoms with E-state index < -0.39 is 99.3 Å². The first-order valence-electron chi connectivity index (χ1n) is 12.5. The lowest BCUT2D eigenvalue weighted by molar-refractivity contribution is -0.270. The van der Waals surface area contributed by atoms with Crippen molar-refractivity contribution in [3.8, 4) is 51.6 Å². The van der Waals surface area contributed by atoms with Gasteiger partial charge >= 0.3 is 11.9 Å². The molecule has 2 heterocycles. The molecule has 1 saturated heterocycles. The van der Waals surface area contributed by atoms with Crippen molar-refractivity contribution in [2.24, 2.45) is 0 Å². The Kier molecular flexibility index (Phi) is 7.56. The zero-order valence-electron chi connectivity index (χ0n) is 21.9. The summed E-state index contributed by atoms with van der Waals surface area (Å²) in [5, 5.41) is 89.4. The topological polar surface area (TPSA) is 274 Å². The number of aliphatic carboxylic acids is 1. The van der Waals surface area contributed by atoms with Crippen molar-refractivity contribution < 1.29 is 74.2 Å². The third-order valence-electron chi connectivity index (χ3n) is 6.62. The van der Waals surface area contributed by atoms with Crippen LogP contribution in [-0.4, -0.2) is 88.6 Å². The summed E-state index contributed by atoms with van der Waals surface area (Å²) in [5.74, 6) is -8.53. The first kappa shape index (κ1) is 29.8. The highest BCUT2D eigenvalue weighted by Gasteiger charge is 2.51. The maximum absolute atomic E-state index is 13.7. The maximum Gasteiger partial charge on any atom is 0.339 e. The summed E-state index contributed by atoms with van der Waals surface area (Å²) in [6.45, 7) is 0. The average molecular weight is 614 g/mol. The van der Waals surface area contributed by atoms with Crippen LogP contribution >= 0.6 is 0 Å². The molecule has 0 spiro atoms. The predicted molar refractivity (Wildman–Crippen MR) is 142 cm³/mol. The summed E-state index contributed by atoms with van der Waals surface area (Å²) < 4.78 is 22.0. The summed E-state index contributed by atoms with van der Waals surface area (Å²) >= 11 is 0. The zero-order chi connectivity index (χ0) is 32.0. The first-order valence-corrected chi connectivity index (χ1v) is 12.5. The van der Waals surface area contributed by atoms with E-state index in [-0.39, 0.29) is 16.9 Å². The van der Waals surface area contributed by atoms with Crippen LogP contribution in [0.15, 0.2) is 57.7 Å². The molecule has 5 atom stereocenters. The van der Waals surface area contributed by atoms with Crippen molar-refractivity contribution in [1.29, 1.82) is 0 Å². The fraction of sp³-hybridized carbons (Fsp3) is 0.179. The van der Waals surface area contributed by atoms with E-state index in [1.165, 1.54) is 24.3 Å². The third kappa shape index (κ3) is 5.31. The quantitative estimate of drug-likeness (QED) is 0.107. The number of carbonyl (C=O) groups excluding carboxylic acids is 1. The largest absolute Gasteiger partial charge is 0.508 e. The van der Waals surface area contributed by atoms with Gasteiger partial charge in [0.05, 0.1) is 5.56 Å². The standard InChI is InChI=1S/C28H22O16/c29-11-3-1-9(2-4-11)22-23(19(35)17-13(31)7-12(30)8-16(17)41-22)43-28-25(21(37)20(36)24(44-28)26(38)39)42-27(40)10-5-14(32)18(34)15(33)6-10/h1-8,20-21,24-25,28-34,36-37H,(H,38,39)/t20-,21-,24-,25+,28+/m0/s1. The van der Waals surface area contributed by atoms with Crippen molar-refractivity contribution in [1.82, 2.24) is 0 Å². The molecule has 0 bridgehead atoms. The monoisotopic (exact) mass is 614 g/mol. The molecule has 1 aromatic heterocycles. The predicted octanol–water partition coefficient (Wildman–Crippen LogP) is 0.829. The van der Waals surface area contributed by atoms with Crippen LogP contribution in [0.5, 0.6) is 40.2 Å². The van der Waals surface area contributed by atoms with E-state index in [2.05, 4.69) is 0 Å². The SMILES string of the molecule is O=C(O[C@H]1[C@H](Oc2c(-c3ccc(O)cc3)oc3cc(O)cc(O)c3c2=O)O[C@H](C(=O)O)[C@@H](O)[C@@H]1O)c1cc(O)c(O)c(O)c1. The number of hydrogen-bond donors (Lipinski definition) is 9. The molecule has 230 valence electrons. The molecule has 1 aliphatic rings. The molecule has 44 heavy (non-hydrogen) atoms. The lowest BCUT2D eigenvalue weighted by Crippen LogP contribution is -2.62. The third-order valence-corrected chi connectivity index (χ3v) is 6.62. The number of aliphatic hydroxyl groups is 2. The Balaban J connectivity index is 1.63. The van der Waals surface area contributed by atoms with Gasteiger partial charge in [0.25, 0.3) is 0 Å². The molecular weight excluding hydrogens is 592 g/mol. The number of phenolic OH excluding ortho intramolecular Hbond substituents is 6. The number of esters is 1. The minimum Gasteiger partial charge on any atom is -0.508 e. The minimum absolute atomic E-state index is 0.0781. The number of phenols is 6. The molecule has 5 rings (SSSR count). The van der Waals surface area contributed by atoms with Crippen LogP contribution in [0.3, 0.4) is 0 Å². The summed E-state index contributed by atoms with van der Waals surface area (Å²) in [6.07, 6.45) is -10.9. The van der Waals surface area contributed by atoms with Crippen molar-refractivity contribution in [2.75, 3.05) is 0 Å². The van der Waals surface area contributed by atoms with Gasteiger partial charge in [-0.25, -0.2) is 9.59 Å². The molecule has 1 aliphatic heterocycles. The normalized spacial score (nSPS) is 21.5. The highest BCUT2D eigenvalue weighted by molar-refractivity contribution is 5.91. The van der Waals surface area contributed by atoms with Crippen LogP contribution in [0, 0.1) is 0 Å². The van der Waals surface area contributed by atoms with E-state index in [9.17, 15) is 60.3 Å². The molecule has 0 saturated carbocycles. The van der Waals surface area contributed by atoms with Gasteiger partial charge in [0.15, 0.2) is 35.2 Å². The van der Waals surface area contributed by atoms with Crippen LogP contribution in [0.1, 0.15) is 10.4 Å². The summed E-state index contributed by atoms with van der Waals surface area (Å²) in [4.78, 5) is 38.4. The number of hydrogen-bond acceptors (Lipinski definition) is 15. The smallest absolute Gasteiger partial charge is 0.339 e. The minimum atomic E-state index is -2.23. The molecule has 16 heteroatoms. The van der Waals surface area contributed by atoms with Gasteiger partial charge in [0.2, 0.25) is 17.5 Å². The second-order valence-electron chi connectivity index (χ2n) is 9.57. The average Bonchev–Trinajstić information content (AvgIpc) is 2.96. The van der Waals surface area contributed by atoms with Crippen LogP contribution < -0.4 is 10.2 Å². The van der Waals surface area contributed by atoms with Crippen LogP contribution in [-0.2, 0) is 14.3 Å². The van der Waals surface area contributed by atoms with Gasteiger partial charge < -0.3 is 64.6 Å². The lowest BCUT2D eigenvalue weighted by atomic mass is 9.98. The number of carboxylic acid groups (broad SMARTS) is 1. The Labute approximate surface area is 244 Å². The molecule has 0 aliphatic carbocycles. The Morgan fingerprint density at radius 2 is 1.43 bits per heavy atom. The first-order chi connectivity index (χ1) is 20.8. The number of aliphatic hydroxyl groups excluding tert-OH is 2. The van der Waals surface area contributed by atoms with E-state index >= 15 is 0 Å². The number of fused-ring (bicyclic) bond motifs is 1. The van der Waals surface area contributed by atoms with Crippen molar-refractivity contribution in [3.63, 3.8) is 0 Å². The van der Waals surface area contributed by atoms with Gasteiger partial charge in [-0.15, -0.1) is 0 Å². The fourth-order valence-electron chi connectivity index (χ4n) is 4.47. The molecule has 3 aromatic carbocycles. The van der Waals surface area contributed by atoms with E-state index in [0.717, 1.165) is 12.1 Å². The maximum atomic E-state index is 13.7. The molecule has 0 amide bonds. The Bertz CT molecular complexity index is 1810. The zero-order valence-corrected chi connectivity index (χ0v) is 21.9. The fourth-order valence-corrected chi connectivity index (χ4v) is 4.47. The molecule has 1 fully saturated rings. The highest BCUT2D eigenvalue weighted by Crippen LogP contribution is 2.39. The van der Waals surface area contributed by atoms with Gasteiger partial charge in [0, 0.05) is 17.7 Å². The number of carboxylic acids is 1. The molecule has 0 radical (unpaired) electrons. The molecule has 9 N–H and O–H groups in total. The van der Waals surface area contributed by atoms with Gasteiger partial charge in [0.1, 0.15) is 40.4 Å². The van der Waals surface area contributed by atoms with Gasteiger partial charge in [-0.2, -0.15) is 0 Å². The molecule has 4 aromatic rings. The lowest BCUT2D eigenvalue weighted by Gasteiger charge is -2.40. The summed E-state index contributed by atoms with van der Waals surface area (Å²) in [6, 6.07) is 8.23. The highest BCUT2D eigenvalue weighted by atomic mass is 16.7. The van der Waals surface area contributed by atoms with Gasteiger partial charge in [-0.3, -0.25) is 4.79 Å². The van der Waals surface area contributed by atoms with E-state index in [1.54, 1.807) is 0 Å². The molecular formula is C28H22O16.